The minimum atomic E-state index is -4.20. The number of nitrogens with one attached hydrogen (secondary N) is 1. The van der Waals surface area contributed by atoms with Crippen LogP contribution in [0.2, 0.25) is 10.0 Å². The second-order valence-corrected chi connectivity index (χ2v) is 12.9. The van der Waals surface area contributed by atoms with Gasteiger partial charge in [-0.3, -0.25) is 13.9 Å². The zero-order valence-corrected chi connectivity index (χ0v) is 25.3. The van der Waals surface area contributed by atoms with Crippen LogP contribution in [0.3, 0.4) is 0 Å². The van der Waals surface area contributed by atoms with E-state index >= 15 is 0 Å². The molecule has 1 saturated carbocycles. The Morgan fingerprint density at radius 3 is 2.20 bits per heavy atom. The van der Waals surface area contributed by atoms with Crippen molar-refractivity contribution in [2.45, 2.75) is 62.4 Å². The molecule has 3 aromatic carbocycles. The normalized spacial score (nSPS) is 14.4. The van der Waals surface area contributed by atoms with Gasteiger partial charge in [0.1, 0.15) is 12.6 Å². The largest absolute Gasteiger partial charge is 0.352 e. The van der Waals surface area contributed by atoms with Gasteiger partial charge in [0.2, 0.25) is 11.8 Å². The van der Waals surface area contributed by atoms with Gasteiger partial charge in [-0.25, -0.2) is 8.42 Å². The summed E-state index contributed by atoms with van der Waals surface area (Å²) in [4.78, 5) is 29.1. The molecule has 4 rings (SSSR count). The lowest BCUT2D eigenvalue weighted by molar-refractivity contribution is -0.139. The number of amides is 2. The number of carbonyl (C=O) groups excluding carboxylic acids is 2. The fraction of sp³-hybridized carbons (Fsp3) is 0.355. The van der Waals surface area contributed by atoms with E-state index in [1.807, 2.05) is 37.3 Å². The molecule has 0 aromatic heterocycles. The van der Waals surface area contributed by atoms with Gasteiger partial charge in [0.05, 0.1) is 15.6 Å². The molecular formula is C31H35Cl2N3O4S. The van der Waals surface area contributed by atoms with Gasteiger partial charge in [-0.2, -0.15) is 0 Å². The molecule has 41 heavy (non-hydrogen) atoms. The average molecular weight is 617 g/mol. The molecule has 2 amide bonds. The molecule has 1 atom stereocenters. The van der Waals surface area contributed by atoms with Gasteiger partial charge in [-0.05, 0) is 61.6 Å². The third-order valence-corrected chi connectivity index (χ3v) is 9.67. The van der Waals surface area contributed by atoms with Crippen LogP contribution in [-0.2, 0) is 26.0 Å². The van der Waals surface area contributed by atoms with E-state index in [0.29, 0.717) is 17.9 Å². The van der Waals surface area contributed by atoms with Crippen molar-refractivity contribution in [3.8, 4) is 0 Å². The summed E-state index contributed by atoms with van der Waals surface area (Å²) in [7, 11) is -4.20. The fourth-order valence-corrected chi connectivity index (χ4v) is 7.19. The Morgan fingerprint density at radius 1 is 0.951 bits per heavy atom. The summed E-state index contributed by atoms with van der Waals surface area (Å²) >= 11 is 12.6. The highest BCUT2D eigenvalue weighted by Crippen LogP contribution is 2.33. The van der Waals surface area contributed by atoms with Crippen LogP contribution >= 0.6 is 23.2 Å². The monoisotopic (exact) mass is 615 g/mol. The third-order valence-electron chi connectivity index (χ3n) is 7.36. The van der Waals surface area contributed by atoms with Gasteiger partial charge < -0.3 is 10.2 Å². The van der Waals surface area contributed by atoms with Crippen LogP contribution < -0.4 is 9.62 Å². The van der Waals surface area contributed by atoms with Gasteiger partial charge >= 0.3 is 0 Å². The van der Waals surface area contributed by atoms with Crippen molar-refractivity contribution in [2.24, 2.45) is 0 Å². The highest BCUT2D eigenvalue weighted by Gasteiger charge is 2.35. The van der Waals surface area contributed by atoms with E-state index in [1.165, 1.54) is 35.2 Å². The molecule has 0 aliphatic heterocycles. The lowest BCUT2D eigenvalue weighted by Crippen LogP contribution is -2.54. The van der Waals surface area contributed by atoms with E-state index < -0.39 is 28.5 Å². The molecule has 0 radical (unpaired) electrons. The van der Waals surface area contributed by atoms with Crippen molar-refractivity contribution in [1.29, 1.82) is 0 Å². The first-order valence-corrected chi connectivity index (χ1v) is 16.1. The minimum Gasteiger partial charge on any atom is -0.352 e. The van der Waals surface area contributed by atoms with Crippen LogP contribution in [-0.4, -0.2) is 50.3 Å². The molecule has 0 spiro atoms. The number of anilines is 1. The van der Waals surface area contributed by atoms with Gasteiger partial charge in [-0.1, -0.05) is 91.5 Å². The fourth-order valence-electron chi connectivity index (χ4n) is 5.18. The van der Waals surface area contributed by atoms with Crippen molar-refractivity contribution >= 4 is 50.7 Å². The molecule has 0 bridgehead atoms. The van der Waals surface area contributed by atoms with Crippen LogP contribution in [0.1, 0.15) is 44.6 Å². The third kappa shape index (κ3) is 7.82. The standard InChI is InChI=1S/C31H35Cl2N3O4S/c1-2-28(31(38)34-25-13-9-10-14-25)35(20-19-23-11-5-3-6-12-23)30(37)22-36(29-18-17-24(32)21-27(29)33)41(39,40)26-15-7-4-8-16-26/h3-8,11-12,15-18,21,25,28H,2,9-10,13-14,19-20,22H2,1H3,(H,34,38)/t28-/m1/s1. The van der Waals surface area contributed by atoms with Crippen molar-refractivity contribution in [2.75, 3.05) is 17.4 Å². The lowest BCUT2D eigenvalue weighted by atomic mass is 10.1. The zero-order chi connectivity index (χ0) is 29.4. The summed E-state index contributed by atoms with van der Waals surface area (Å²) in [6, 6.07) is 21.3. The van der Waals surface area contributed by atoms with Crippen LogP contribution in [0.4, 0.5) is 5.69 Å². The highest BCUT2D eigenvalue weighted by molar-refractivity contribution is 7.92. The van der Waals surface area contributed by atoms with E-state index in [4.69, 9.17) is 23.2 Å². The maximum absolute atomic E-state index is 14.1. The highest BCUT2D eigenvalue weighted by atomic mass is 35.5. The maximum Gasteiger partial charge on any atom is 0.264 e. The van der Waals surface area contributed by atoms with E-state index in [2.05, 4.69) is 5.32 Å². The summed E-state index contributed by atoms with van der Waals surface area (Å²) < 4.78 is 28.8. The van der Waals surface area contributed by atoms with Gasteiger partial charge in [0.15, 0.2) is 0 Å². The predicted octanol–water partition coefficient (Wildman–Crippen LogP) is 6.10. The molecule has 1 N–H and O–H groups in total. The van der Waals surface area contributed by atoms with Crippen molar-refractivity contribution < 1.29 is 18.0 Å². The SMILES string of the molecule is CC[C@H](C(=O)NC1CCCC1)N(CCc1ccccc1)C(=O)CN(c1ccc(Cl)cc1Cl)S(=O)(=O)c1ccccc1. The number of benzene rings is 3. The second kappa shape index (κ2) is 14.2. The van der Waals surface area contributed by atoms with Crippen molar-refractivity contribution in [1.82, 2.24) is 10.2 Å². The number of hydrogen-bond acceptors (Lipinski definition) is 4. The zero-order valence-electron chi connectivity index (χ0n) is 23.0. The topological polar surface area (TPSA) is 86.8 Å². The Balaban J connectivity index is 1.69. The molecule has 10 heteroatoms. The molecule has 1 fully saturated rings. The molecule has 7 nitrogen and oxygen atoms in total. The Kier molecular flexibility index (Phi) is 10.7. The predicted molar refractivity (Wildman–Crippen MR) is 164 cm³/mol. The van der Waals surface area contributed by atoms with Crippen LogP contribution in [0, 0.1) is 0 Å². The lowest BCUT2D eigenvalue weighted by Gasteiger charge is -2.34. The smallest absolute Gasteiger partial charge is 0.264 e. The van der Waals surface area contributed by atoms with E-state index in [-0.39, 0.29) is 34.1 Å². The summed E-state index contributed by atoms with van der Waals surface area (Å²) in [5, 5.41) is 3.54. The molecule has 1 aliphatic carbocycles. The molecule has 3 aromatic rings. The van der Waals surface area contributed by atoms with Gasteiger partial charge in [0, 0.05) is 17.6 Å². The molecule has 0 saturated heterocycles. The quantitative estimate of drug-likeness (QED) is 0.267. The molecule has 218 valence electrons. The van der Waals surface area contributed by atoms with E-state index in [9.17, 15) is 18.0 Å². The van der Waals surface area contributed by atoms with Gasteiger partial charge in [-0.15, -0.1) is 0 Å². The number of sulfonamides is 1. The van der Waals surface area contributed by atoms with Crippen LogP contribution in [0.5, 0.6) is 0 Å². The Bertz CT molecular complexity index is 1430. The minimum absolute atomic E-state index is 0.0145. The Hall–Kier alpha value is -3.07. The number of rotatable bonds is 12. The number of nitrogens with zero attached hydrogens (tertiary/aromatic N) is 2. The van der Waals surface area contributed by atoms with Crippen LogP contribution in [0.25, 0.3) is 0 Å². The summed E-state index contributed by atoms with van der Waals surface area (Å²) in [5.41, 5.74) is 1.13. The van der Waals surface area contributed by atoms with Crippen molar-refractivity contribution in [3.63, 3.8) is 0 Å². The summed E-state index contributed by atoms with van der Waals surface area (Å²) in [6.07, 6.45) is 4.84. The first kappa shape index (κ1) is 30.9. The van der Waals surface area contributed by atoms with Gasteiger partial charge in [0.25, 0.3) is 10.0 Å². The molecule has 0 unspecified atom stereocenters. The average Bonchev–Trinajstić information content (AvgIpc) is 3.48. The van der Waals surface area contributed by atoms with Crippen LogP contribution in [0.15, 0.2) is 83.8 Å². The number of halogens is 2. The summed E-state index contributed by atoms with van der Waals surface area (Å²) in [5.74, 6) is -0.720. The van der Waals surface area contributed by atoms with E-state index in [1.54, 1.807) is 18.2 Å². The second-order valence-electron chi connectivity index (χ2n) is 10.2. The Morgan fingerprint density at radius 2 is 1.59 bits per heavy atom. The summed E-state index contributed by atoms with van der Waals surface area (Å²) in [6.45, 7) is 1.56. The number of carbonyl (C=O) groups is 2. The van der Waals surface area contributed by atoms with Crippen molar-refractivity contribution in [3.05, 3.63) is 94.5 Å². The Labute approximate surface area is 252 Å². The molecule has 0 heterocycles. The van der Waals surface area contributed by atoms with E-state index in [0.717, 1.165) is 35.6 Å². The molecular weight excluding hydrogens is 581 g/mol. The first-order chi connectivity index (χ1) is 19.7. The number of hydrogen-bond donors (Lipinski definition) is 1. The first-order valence-electron chi connectivity index (χ1n) is 13.9. The maximum atomic E-state index is 14.1. The molecule has 1 aliphatic rings.